The van der Waals surface area contributed by atoms with Gasteiger partial charge in [-0.3, -0.25) is 10.1 Å². The smallest absolute Gasteiger partial charge is 0.244 e. The summed E-state index contributed by atoms with van der Waals surface area (Å²) in [6.07, 6.45) is 2.01. The van der Waals surface area contributed by atoms with E-state index in [1.54, 1.807) is 11.0 Å². The van der Waals surface area contributed by atoms with Crippen LogP contribution in [0.3, 0.4) is 0 Å². The Morgan fingerprint density at radius 2 is 2.26 bits per heavy atom. The van der Waals surface area contributed by atoms with E-state index in [1.807, 2.05) is 30.3 Å². The van der Waals surface area contributed by atoms with Crippen molar-refractivity contribution in [3.63, 3.8) is 0 Å². The number of hydrogen-bond acceptors (Lipinski definition) is 3. The molecule has 2 atom stereocenters. The standard InChI is InChI=1S/C15H20N2O2/c1-2-9-16-14(12-6-4-3-5-7-12)15(19)17-10-8-13(18)11-17/h2-7,13-14,16,18H,1,8-11H2. The van der Waals surface area contributed by atoms with Crippen molar-refractivity contribution >= 4 is 5.91 Å². The number of β-amino-alcohol motifs (C(OH)–C–C–N with tert-alkyl or cyclic N) is 1. The Morgan fingerprint density at radius 3 is 2.84 bits per heavy atom. The lowest BCUT2D eigenvalue weighted by molar-refractivity contribution is -0.132. The first-order valence-electron chi connectivity index (χ1n) is 6.58. The number of carbonyl (C=O) groups excluding carboxylic acids is 1. The van der Waals surface area contributed by atoms with Gasteiger partial charge in [-0.05, 0) is 12.0 Å². The molecule has 2 N–H and O–H groups in total. The van der Waals surface area contributed by atoms with E-state index in [2.05, 4.69) is 11.9 Å². The summed E-state index contributed by atoms with van der Waals surface area (Å²) in [6.45, 7) is 5.29. The summed E-state index contributed by atoms with van der Waals surface area (Å²) in [6, 6.07) is 9.27. The third-order valence-electron chi connectivity index (χ3n) is 3.32. The maximum Gasteiger partial charge on any atom is 0.244 e. The molecule has 0 aliphatic carbocycles. The fourth-order valence-electron chi connectivity index (χ4n) is 2.32. The summed E-state index contributed by atoms with van der Waals surface area (Å²) < 4.78 is 0. The summed E-state index contributed by atoms with van der Waals surface area (Å²) in [7, 11) is 0. The Labute approximate surface area is 113 Å². The SMILES string of the molecule is C=CCNC(C(=O)N1CCC(O)C1)c1ccccc1. The molecule has 1 fully saturated rings. The van der Waals surface area contributed by atoms with Crippen molar-refractivity contribution in [1.82, 2.24) is 10.2 Å². The predicted molar refractivity (Wildman–Crippen MR) is 74.6 cm³/mol. The maximum atomic E-state index is 12.5. The molecule has 1 aromatic carbocycles. The van der Waals surface area contributed by atoms with Gasteiger partial charge in [-0.2, -0.15) is 0 Å². The molecule has 102 valence electrons. The van der Waals surface area contributed by atoms with Crippen molar-refractivity contribution in [1.29, 1.82) is 0 Å². The molecule has 2 unspecified atom stereocenters. The molecule has 4 nitrogen and oxygen atoms in total. The Hall–Kier alpha value is -1.65. The number of aliphatic hydroxyl groups excluding tert-OH is 1. The molecule has 2 rings (SSSR count). The van der Waals surface area contributed by atoms with Gasteiger partial charge in [0.25, 0.3) is 0 Å². The second-order valence-electron chi connectivity index (χ2n) is 4.77. The van der Waals surface area contributed by atoms with Crippen molar-refractivity contribution in [2.24, 2.45) is 0 Å². The van der Waals surface area contributed by atoms with Gasteiger partial charge < -0.3 is 10.0 Å². The van der Waals surface area contributed by atoms with Crippen molar-refractivity contribution in [2.45, 2.75) is 18.6 Å². The van der Waals surface area contributed by atoms with E-state index >= 15 is 0 Å². The van der Waals surface area contributed by atoms with Crippen LogP contribution in [-0.4, -0.2) is 41.7 Å². The molecule has 1 amide bonds. The number of benzene rings is 1. The Morgan fingerprint density at radius 1 is 1.53 bits per heavy atom. The molecule has 1 aliphatic heterocycles. The van der Waals surface area contributed by atoms with Crippen LogP contribution >= 0.6 is 0 Å². The van der Waals surface area contributed by atoms with Crippen LogP contribution in [0.4, 0.5) is 0 Å². The highest BCUT2D eigenvalue weighted by Gasteiger charge is 2.30. The minimum atomic E-state index is -0.389. The third kappa shape index (κ3) is 3.43. The van der Waals surface area contributed by atoms with Crippen LogP contribution in [0.25, 0.3) is 0 Å². The van der Waals surface area contributed by atoms with Gasteiger partial charge >= 0.3 is 0 Å². The first-order chi connectivity index (χ1) is 9.22. The van der Waals surface area contributed by atoms with Crippen molar-refractivity contribution in [3.05, 3.63) is 48.6 Å². The molecule has 1 saturated heterocycles. The maximum absolute atomic E-state index is 12.5. The van der Waals surface area contributed by atoms with Gasteiger partial charge in [0.05, 0.1) is 6.10 Å². The van der Waals surface area contributed by atoms with E-state index in [1.165, 1.54) is 0 Å². The van der Waals surface area contributed by atoms with Gasteiger partial charge in [0.15, 0.2) is 0 Å². The van der Waals surface area contributed by atoms with E-state index in [-0.39, 0.29) is 18.1 Å². The topological polar surface area (TPSA) is 52.6 Å². The van der Waals surface area contributed by atoms with Gasteiger partial charge in [-0.1, -0.05) is 36.4 Å². The van der Waals surface area contributed by atoms with Crippen LogP contribution < -0.4 is 5.32 Å². The van der Waals surface area contributed by atoms with E-state index in [0.717, 1.165) is 5.56 Å². The number of amides is 1. The Bertz CT molecular complexity index is 433. The minimum Gasteiger partial charge on any atom is -0.391 e. The van der Waals surface area contributed by atoms with Crippen LogP contribution in [0.5, 0.6) is 0 Å². The average molecular weight is 260 g/mol. The molecular formula is C15H20N2O2. The van der Waals surface area contributed by atoms with Crippen molar-refractivity contribution < 1.29 is 9.90 Å². The van der Waals surface area contributed by atoms with E-state index < -0.39 is 0 Å². The van der Waals surface area contributed by atoms with E-state index in [0.29, 0.717) is 26.1 Å². The molecule has 1 aromatic rings. The molecule has 1 aliphatic rings. The fourth-order valence-corrected chi connectivity index (χ4v) is 2.32. The van der Waals surface area contributed by atoms with E-state index in [9.17, 15) is 9.90 Å². The number of likely N-dealkylation sites (tertiary alicyclic amines) is 1. The van der Waals surface area contributed by atoms with Gasteiger partial charge in [0, 0.05) is 19.6 Å². The normalized spacial score (nSPS) is 20.3. The highest BCUT2D eigenvalue weighted by Crippen LogP contribution is 2.19. The van der Waals surface area contributed by atoms with Gasteiger partial charge in [-0.25, -0.2) is 0 Å². The van der Waals surface area contributed by atoms with Crippen molar-refractivity contribution in [3.8, 4) is 0 Å². The van der Waals surface area contributed by atoms with Crippen LogP contribution in [0.1, 0.15) is 18.0 Å². The monoisotopic (exact) mass is 260 g/mol. The summed E-state index contributed by atoms with van der Waals surface area (Å²) in [4.78, 5) is 14.2. The molecule has 0 spiro atoms. The second kappa shape index (κ2) is 6.50. The Balaban J connectivity index is 2.13. The summed E-state index contributed by atoms with van der Waals surface area (Å²) in [5, 5.41) is 12.7. The summed E-state index contributed by atoms with van der Waals surface area (Å²) >= 11 is 0. The fraction of sp³-hybridized carbons (Fsp3) is 0.400. The third-order valence-corrected chi connectivity index (χ3v) is 3.32. The average Bonchev–Trinajstić information content (AvgIpc) is 2.87. The number of rotatable bonds is 5. The minimum absolute atomic E-state index is 0.0181. The van der Waals surface area contributed by atoms with Crippen LogP contribution in [0, 0.1) is 0 Å². The van der Waals surface area contributed by atoms with E-state index in [4.69, 9.17) is 0 Å². The van der Waals surface area contributed by atoms with Crippen LogP contribution in [0.15, 0.2) is 43.0 Å². The number of aliphatic hydroxyl groups is 1. The second-order valence-corrected chi connectivity index (χ2v) is 4.77. The summed E-state index contributed by atoms with van der Waals surface area (Å²) in [5.41, 5.74) is 0.940. The number of hydrogen-bond donors (Lipinski definition) is 2. The highest BCUT2D eigenvalue weighted by atomic mass is 16.3. The zero-order valence-electron chi connectivity index (χ0n) is 11.0. The zero-order valence-corrected chi connectivity index (χ0v) is 11.0. The number of nitrogens with zero attached hydrogens (tertiary/aromatic N) is 1. The Kier molecular flexibility index (Phi) is 4.71. The molecule has 1 heterocycles. The number of carbonyl (C=O) groups is 1. The molecule has 4 heteroatoms. The first kappa shape index (κ1) is 13.8. The lowest BCUT2D eigenvalue weighted by Crippen LogP contribution is -2.40. The quantitative estimate of drug-likeness (QED) is 0.779. The first-order valence-corrected chi connectivity index (χ1v) is 6.58. The van der Waals surface area contributed by atoms with Crippen LogP contribution in [-0.2, 0) is 4.79 Å². The van der Waals surface area contributed by atoms with Crippen molar-refractivity contribution in [2.75, 3.05) is 19.6 Å². The molecule has 0 bridgehead atoms. The molecular weight excluding hydrogens is 240 g/mol. The van der Waals surface area contributed by atoms with Crippen LogP contribution in [0.2, 0.25) is 0 Å². The van der Waals surface area contributed by atoms with Gasteiger partial charge in [-0.15, -0.1) is 6.58 Å². The number of nitrogens with one attached hydrogen (secondary N) is 1. The molecule has 0 saturated carbocycles. The lowest BCUT2D eigenvalue weighted by Gasteiger charge is -2.24. The predicted octanol–water partition coefficient (Wildman–Crippen LogP) is 1.10. The summed E-state index contributed by atoms with van der Waals surface area (Å²) in [5.74, 6) is 0.0181. The molecule has 0 aromatic heterocycles. The highest BCUT2D eigenvalue weighted by molar-refractivity contribution is 5.83. The van der Waals surface area contributed by atoms with Gasteiger partial charge in [0.2, 0.25) is 5.91 Å². The zero-order chi connectivity index (χ0) is 13.7. The lowest BCUT2D eigenvalue weighted by atomic mass is 10.1. The largest absolute Gasteiger partial charge is 0.391 e. The van der Waals surface area contributed by atoms with Gasteiger partial charge in [0.1, 0.15) is 6.04 Å². The molecule has 0 radical (unpaired) electrons. The molecule has 19 heavy (non-hydrogen) atoms.